The fourth-order valence-corrected chi connectivity index (χ4v) is 5.66. The molecule has 0 bridgehead atoms. The summed E-state index contributed by atoms with van der Waals surface area (Å²) in [6.07, 6.45) is 3.47. The number of pyridine rings is 1. The van der Waals surface area contributed by atoms with Crippen LogP contribution in [-0.2, 0) is 5.54 Å². The van der Waals surface area contributed by atoms with Crippen LogP contribution in [0.1, 0.15) is 11.3 Å². The molecule has 2 aliphatic rings. The van der Waals surface area contributed by atoms with Gasteiger partial charge < -0.3 is 15.4 Å². The number of benzene rings is 2. The normalized spacial score (nSPS) is 23.2. The Balaban J connectivity index is 1.31. The number of piperidine rings is 1. The summed E-state index contributed by atoms with van der Waals surface area (Å²) in [5.74, 6) is 3.62. The van der Waals surface area contributed by atoms with Gasteiger partial charge in [-0.3, -0.25) is 9.88 Å². The summed E-state index contributed by atoms with van der Waals surface area (Å²) in [7, 11) is 4.32. The summed E-state index contributed by atoms with van der Waals surface area (Å²) < 4.78 is 6.03. The van der Waals surface area contributed by atoms with E-state index in [-0.39, 0.29) is 5.54 Å². The highest BCUT2D eigenvalue weighted by molar-refractivity contribution is 5.90. The lowest BCUT2D eigenvalue weighted by Crippen LogP contribution is -2.38. The topological polar surface area (TPSA) is 75.2 Å². The summed E-state index contributed by atoms with van der Waals surface area (Å²) in [4.78, 5) is 16.2. The van der Waals surface area contributed by atoms with E-state index in [9.17, 15) is 0 Å². The van der Waals surface area contributed by atoms with E-state index in [1.807, 2.05) is 55.6 Å². The highest BCUT2D eigenvalue weighted by Gasteiger charge is 2.69. The van der Waals surface area contributed by atoms with Crippen molar-refractivity contribution in [2.75, 3.05) is 32.5 Å². The Kier molecular flexibility index (Phi) is 4.97. The Labute approximate surface area is 199 Å². The van der Waals surface area contributed by atoms with Crippen LogP contribution in [-0.4, -0.2) is 47.0 Å². The first-order valence-electron chi connectivity index (χ1n) is 11.7. The molecule has 172 valence electrons. The SMILES string of the molecule is Cc1cc(Nc2ncnc3cnc(C4(N(C)C)C5CNCC54)cc23)ccc1Oc1ccccc1. The third-order valence-electron chi connectivity index (χ3n) is 7.32. The van der Waals surface area contributed by atoms with Gasteiger partial charge in [-0.05, 0) is 63.0 Å². The molecule has 2 aromatic heterocycles. The predicted octanol–water partition coefficient (Wildman–Crippen LogP) is 4.48. The molecule has 0 amide bonds. The number of ether oxygens (including phenoxy) is 1. The monoisotopic (exact) mass is 452 g/mol. The van der Waals surface area contributed by atoms with Crippen LogP contribution in [0.5, 0.6) is 11.5 Å². The number of nitrogens with one attached hydrogen (secondary N) is 2. The number of fused-ring (bicyclic) bond motifs is 2. The number of aromatic nitrogens is 3. The largest absolute Gasteiger partial charge is 0.457 e. The van der Waals surface area contributed by atoms with Gasteiger partial charge in [0.2, 0.25) is 0 Å². The van der Waals surface area contributed by atoms with E-state index in [2.05, 4.69) is 51.7 Å². The quantitative estimate of drug-likeness (QED) is 0.447. The fourth-order valence-electron chi connectivity index (χ4n) is 5.66. The summed E-state index contributed by atoms with van der Waals surface area (Å²) in [6, 6.07) is 18.1. The van der Waals surface area contributed by atoms with Gasteiger partial charge in [0.25, 0.3) is 0 Å². The Morgan fingerprint density at radius 3 is 2.53 bits per heavy atom. The third-order valence-corrected chi connectivity index (χ3v) is 7.32. The van der Waals surface area contributed by atoms with Gasteiger partial charge in [-0.25, -0.2) is 9.97 Å². The van der Waals surface area contributed by atoms with Gasteiger partial charge >= 0.3 is 0 Å². The van der Waals surface area contributed by atoms with Gasteiger partial charge in [-0.1, -0.05) is 18.2 Å². The fraction of sp³-hybridized carbons (Fsp3) is 0.296. The standard InChI is InChI=1S/C27H28N6O/c1-17-11-18(9-10-24(17)34-19-7-5-4-6-8-19)32-26-20-12-25(29-15-23(20)30-16-31-26)27(33(2)3)21-13-28-14-22(21)27/h4-12,15-16,21-22,28H,13-14H2,1-3H3,(H,30,31,32). The molecule has 6 rings (SSSR count). The maximum absolute atomic E-state index is 6.03. The van der Waals surface area contributed by atoms with Crippen molar-refractivity contribution < 1.29 is 4.74 Å². The molecule has 2 aromatic carbocycles. The summed E-state index contributed by atoms with van der Waals surface area (Å²) in [5.41, 5.74) is 3.91. The van der Waals surface area contributed by atoms with Crippen LogP contribution in [0.4, 0.5) is 11.5 Å². The molecular weight excluding hydrogens is 424 g/mol. The van der Waals surface area contributed by atoms with Gasteiger partial charge in [0.15, 0.2) is 0 Å². The van der Waals surface area contributed by atoms with Crippen LogP contribution < -0.4 is 15.4 Å². The number of hydrogen-bond acceptors (Lipinski definition) is 7. The number of anilines is 2. The second kappa shape index (κ2) is 8.04. The molecule has 2 unspecified atom stereocenters. The lowest BCUT2D eigenvalue weighted by atomic mass is 10.0. The van der Waals surface area contributed by atoms with Crippen molar-refractivity contribution in [2.45, 2.75) is 12.5 Å². The summed E-state index contributed by atoms with van der Waals surface area (Å²) in [6.45, 7) is 4.12. The van der Waals surface area contributed by atoms with Crippen molar-refractivity contribution in [1.82, 2.24) is 25.2 Å². The molecular formula is C27H28N6O. The number of rotatable bonds is 6. The second-order valence-electron chi connectivity index (χ2n) is 9.42. The van der Waals surface area contributed by atoms with E-state index in [4.69, 9.17) is 9.72 Å². The Morgan fingerprint density at radius 2 is 1.79 bits per heavy atom. The van der Waals surface area contributed by atoms with E-state index in [0.29, 0.717) is 11.8 Å². The lowest BCUT2D eigenvalue weighted by Gasteiger charge is -2.28. The highest BCUT2D eigenvalue weighted by Crippen LogP contribution is 2.62. The van der Waals surface area contributed by atoms with Crippen molar-refractivity contribution in [1.29, 1.82) is 0 Å². The maximum atomic E-state index is 6.03. The molecule has 1 aliphatic heterocycles. The maximum Gasteiger partial charge on any atom is 0.141 e. The van der Waals surface area contributed by atoms with Crippen LogP contribution >= 0.6 is 0 Å². The Morgan fingerprint density at radius 1 is 1.00 bits per heavy atom. The first kappa shape index (κ1) is 21.0. The number of aryl methyl sites for hydroxylation is 1. The molecule has 0 spiro atoms. The molecule has 1 aliphatic carbocycles. The molecule has 7 heteroatoms. The average molecular weight is 453 g/mol. The zero-order valence-corrected chi connectivity index (χ0v) is 19.6. The van der Waals surface area contributed by atoms with E-state index in [1.54, 1.807) is 6.33 Å². The molecule has 34 heavy (non-hydrogen) atoms. The van der Waals surface area contributed by atoms with Crippen LogP contribution in [0.2, 0.25) is 0 Å². The first-order valence-corrected chi connectivity index (χ1v) is 11.7. The molecule has 7 nitrogen and oxygen atoms in total. The van der Waals surface area contributed by atoms with Crippen molar-refractivity contribution in [3.05, 3.63) is 78.4 Å². The van der Waals surface area contributed by atoms with E-state index < -0.39 is 0 Å². The molecule has 4 aromatic rings. The third kappa shape index (κ3) is 3.31. The summed E-state index contributed by atoms with van der Waals surface area (Å²) in [5, 5.41) is 7.98. The zero-order chi connectivity index (χ0) is 23.3. The molecule has 2 N–H and O–H groups in total. The van der Waals surface area contributed by atoms with Gasteiger partial charge in [0.05, 0.1) is 22.9 Å². The van der Waals surface area contributed by atoms with Crippen molar-refractivity contribution >= 4 is 22.4 Å². The summed E-state index contributed by atoms with van der Waals surface area (Å²) >= 11 is 0. The molecule has 3 heterocycles. The Bertz CT molecular complexity index is 1350. The first-order chi connectivity index (χ1) is 16.6. The number of nitrogens with zero attached hydrogens (tertiary/aromatic N) is 4. The second-order valence-corrected chi connectivity index (χ2v) is 9.42. The van der Waals surface area contributed by atoms with Crippen LogP contribution in [0, 0.1) is 18.8 Å². The van der Waals surface area contributed by atoms with Gasteiger partial charge in [0.1, 0.15) is 23.6 Å². The minimum Gasteiger partial charge on any atom is -0.457 e. The minimum atomic E-state index is -0.0143. The van der Waals surface area contributed by atoms with Crippen LogP contribution in [0.3, 0.4) is 0 Å². The van der Waals surface area contributed by atoms with Crippen molar-refractivity contribution in [2.24, 2.45) is 11.8 Å². The molecule has 2 atom stereocenters. The molecule has 1 saturated heterocycles. The molecule has 2 fully saturated rings. The lowest BCUT2D eigenvalue weighted by molar-refractivity contribution is 0.219. The van der Waals surface area contributed by atoms with E-state index in [1.165, 1.54) is 0 Å². The van der Waals surface area contributed by atoms with Crippen molar-refractivity contribution in [3.63, 3.8) is 0 Å². The Hall–Kier alpha value is -3.55. The molecule has 0 radical (unpaired) electrons. The number of hydrogen-bond donors (Lipinski definition) is 2. The number of para-hydroxylation sites is 1. The van der Waals surface area contributed by atoms with E-state index >= 15 is 0 Å². The van der Waals surface area contributed by atoms with Gasteiger partial charge in [-0.15, -0.1) is 0 Å². The predicted molar refractivity (Wildman–Crippen MR) is 134 cm³/mol. The van der Waals surface area contributed by atoms with Gasteiger partial charge in [-0.2, -0.15) is 0 Å². The smallest absolute Gasteiger partial charge is 0.141 e. The zero-order valence-electron chi connectivity index (χ0n) is 19.6. The van der Waals surface area contributed by atoms with Crippen molar-refractivity contribution in [3.8, 4) is 11.5 Å². The van der Waals surface area contributed by atoms with Crippen LogP contribution in [0.15, 0.2) is 67.1 Å². The van der Waals surface area contributed by atoms with Gasteiger partial charge in [0, 0.05) is 36.0 Å². The minimum absolute atomic E-state index is 0.0143. The van der Waals surface area contributed by atoms with Crippen LogP contribution in [0.25, 0.3) is 10.9 Å². The van der Waals surface area contributed by atoms with E-state index in [0.717, 1.165) is 58.3 Å². The average Bonchev–Trinajstić information content (AvgIpc) is 3.22. The highest BCUT2D eigenvalue weighted by atomic mass is 16.5. The molecule has 1 saturated carbocycles.